The van der Waals surface area contributed by atoms with Crippen LogP contribution < -0.4 is 0 Å². The SMILES string of the molecule is CCc1cc(C)c(C#N)cc1S(=O)(=O)Cl. The Kier molecular flexibility index (Phi) is 3.38. The molecule has 0 unspecified atom stereocenters. The highest BCUT2D eigenvalue weighted by Crippen LogP contribution is 2.24. The largest absolute Gasteiger partial charge is 0.261 e. The molecule has 5 heteroatoms. The Morgan fingerprint density at radius 2 is 2.07 bits per heavy atom. The Labute approximate surface area is 93.7 Å². The van der Waals surface area contributed by atoms with Crippen molar-refractivity contribution in [3.8, 4) is 6.07 Å². The van der Waals surface area contributed by atoms with Crippen molar-refractivity contribution in [2.45, 2.75) is 25.2 Å². The minimum absolute atomic E-state index is 0.0359. The predicted octanol–water partition coefficient (Wildman–Crippen LogP) is 2.36. The number of benzene rings is 1. The topological polar surface area (TPSA) is 57.9 Å². The van der Waals surface area contributed by atoms with E-state index in [9.17, 15) is 8.42 Å². The molecular weight excluding hydrogens is 234 g/mol. The second-order valence-corrected chi connectivity index (χ2v) is 5.71. The lowest BCUT2D eigenvalue weighted by Gasteiger charge is -2.07. The fourth-order valence-electron chi connectivity index (χ4n) is 1.37. The quantitative estimate of drug-likeness (QED) is 0.750. The van der Waals surface area contributed by atoms with Gasteiger partial charge in [0.2, 0.25) is 0 Å². The smallest absolute Gasteiger partial charge is 0.207 e. The summed E-state index contributed by atoms with van der Waals surface area (Å²) in [5, 5.41) is 8.78. The van der Waals surface area contributed by atoms with E-state index in [0.29, 0.717) is 17.5 Å². The average molecular weight is 244 g/mol. The van der Waals surface area contributed by atoms with Gasteiger partial charge in [0.05, 0.1) is 16.5 Å². The Morgan fingerprint density at radius 1 is 1.47 bits per heavy atom. The zero-order chi connectivity index (χ0) is 11.6. The van der Waals surface area contributed by atoms with Crippen LogP contribution in [0.2, 0.25) is 0 Å². The molecule has 0 atom stereocenters. The molecule has 80 valence electrons. The lowest BCUT2D eigenvalue weighted by atomic mass is 10.0. The molecule has 0 radical (unpaired) electrons. The number of halogens is 1. The first-order valence-electron chi connectivity index (χ1n) is 4.38. The van der Waals surface area contributed by atoms with E-state index in [1.165, 1.54) is 6.07 Å². The summed E-state index contributed by atoms with van der Waals surface area (Å²) in [7, 11) is 1.51. The van der Waals surface area contributed by atoms with Crippen molar-refractivity contribution in [1.82, 2.24) is 0 Å². The molecule has 15 heavy (non-hydrogen) atoms. The summed E-state index contributed by atoms with van der Waals surface area (Å²) in [6.07, 6.45) is 0.563. The third-order valence-electron chi connectivity index (χ3n) is 2.17. The third-order valence-corrected chi connectivity index (χ3v) is 3.58. The van der Waals surface area contributed by atoms with E-state index in [1.807, 2.05) is 13.0 Å². The molecule has 1 aromatic rings. The Balaban J connectivity index is 3.59. The summed E-state index contributed by atoms with van der Waals surface area (Å²) < 4.78 is 22.5. The molecule has 0 aliphatic carbocycles. The molecule has 0 bridgehead atoms. The molecule has 0 aliphatic rings. The maximum absolute atomic E-state index is 11.2. The molecule has 1 rings (SSSR count). The van der Waals surface area contributed by atoms with Crippen LogP contribution in [0.4, 0.5) is 0 Å². The highest BCUT2D eigenvalue weighted by atomic mass is 35.7. The number of hydrogen-bond donors (Lipinski definition) is 0. The van der Waals surface area contributed by atoms with E-state index in [2.05, 4.69) is 0 Å². The maximum Gasteiger partial charge on any atom is 0.261 e. The van der Waals surface area contributed by atoms with Crippen LogP contribution in [-0.2, 0) is 15.5 Å². The van der Waals surface area contributed by atoms with Crippen molar-refractivity contribution in [1.29, 1.82) is 5.26 Å². The van der Waals surface area contributed by atoms with Gasteiger partial charge in [-0.15, -0.1) is 0 Å². The van der Waals surface area contributed by atoms with E-state index in [4.69, 9.17) is 15.9 Å². The Morgan fingerprint density at radius 3 is 2.47 bits per heavy atom. The van der Waals surface area contributed by atoms with Gasteiger partial charge in [-0.3, -0.25) is 0 Å². The first-order valence-corrected chi connectivity index (χ1v) is 6.69. The molecule has 0 heterocycles. The minimum Gasteiger partial charge on any atom is -0.207 e. The van der Waals surface area contributed by atoms with E-state index in [1.54, 1.807) is 13.0 Å². The lowest BCUT2D eigenvalue weighted by molar-refractivity contribution is 0.608. The van der Waals surface area contributed by atoms with Gasteiger partial charge in [0.25, 0.3) is 9.05 Å². The fraction of sp³-hybridized carbons (Fsp3) is 0.300. The van der Waals surface area contributed by atoms with E-state index in [-0.39, 0.29) is 4.90 Å². The first-order chi connectivity index (χ1) is 6.90. The van der Waals surface area contributed by atoms with Crippen molar-refractivity contribution in [2.75, 3.05) is 0 Å². The van der Waals surface area contributed by atoms with Crippen molar-refractivity contribution < 1.29 is 8.42 Å². The van der Waals surface area contributed by atoms with E-state index in [0.717, 1.165) is 5.56 Å². The van der Waals surface area contributed by atoms with E-state index >= 15 is 0 Å². The van der Waals surface area contributed by atoms with Gasteiger partial charge in [-0.25, -0.2) is 8.42 Å². The Bertz CT molecular complexity index is 529. The molecule has 0 aliphatic heterocycles. The van der Waals surface area contributed by atoms with Crippen LogP contribution in [0.3, 0.4) is 0 Å². The summed E-state index contributed by atoms with van der Waals surface area (Å²) in [5.74, 6) is 0. The second kappa shape index (κ2) is 4.21. The zero-order valence-electron chi connectivity index (χ0n) is 8.41. The molecular formula is C10H10ClNO2S. The standard InChI is InChI=1S/C10H10ClNO2S/c1-3-8-4-7(2)9(6-12)5-10(8)15(11,13)14/h4-5H,3H2,1-2H3. The predicted molar refractivity (Wildman–Crippen MR) is 58.3 cm³/mol. The van der Waals surface area contributed by atoms with Crippen LogP contribution in [0, 0.1) is 18.3 Å². The molecule has 0 saturated heterocycles. The third kappa shape index (κ3) is 2.49. The second-order valence-electron chi connectivity index (χ2n) is 3.18. The fourth-order valence-corrected chi connectivity index (χ4v) is 2.58. The van der Waals surface area contributed by atoms with Crippen LogP contribution in [0.5, 0.6) is 0 Å². The van der Waals surface area contributed by atoms with Crippen molar-refractivity contribution in [3.63, 3.8) is 0 Å². The van der Waals surface area contributed by atoms with Gasteiger partial charge in [0.1, 0.15) is 0 Å². The minimum atomic E-state index is -3.77. The molecule has 0 spiro atoms. The van der Waals surface area contributed by atoms with Gasteiger partial charge in [-0.2, -0.15) is 5.26 Å². The molecule has 0 N–H and O–H groups in total. The molecule has 3 nitrogen and oxygen atoms in total. The monoisotopic (exact) mass is 243 g/mol. The normalized spacial score (nSPS) is 11.1. The molecule has 0 fully saturated rings. The van der Waals surface area contributed by atoms with Crippen molar-refractivity contribution >= 4 is 19.7 Å². The number of rotatable bonds is 2. The van der Waals surface area contributed by atoms with Gasteiger partial charge in [0.15, 0.2) is 0 Å². The lowest BCUT2D eigenvalue weighted by Crippen LogP contribution is -1.99. The van der Waals surface area contributed by atoms with Crippen LogP contribution in [-0.4, -0.2) is 8.42 Å². The van der Waals surface area contributed by atoms with Gasteiger partial charge in [-0.05, 0) is 30.5 Å². The van der Waals surface area contributed by atoms with Crippen LogP contribution >= 0.6 is 10.7 Å². The van der Waals surface area contributed by atoms with Gasteiger partial charge in [0, 0.05) is 10.7 Å². The number of nitrogens with zero attached hydrogens (tertiary/aromatic N) is 1. The number of nitriles is 1. The first kappa shape index (κ1) is 12.0. The summed E-state index contributed by atoms with van der Waals surface area (Å²) in [6.45, 7) is 3.61. The summed E-state index contributed by atoms with van der Waals surface area (Å²) in [5.41, 5.74) is 1.74. The number of hydrogen-bond acceptors (Lipinski definition) is 3. The molecule has 1 aromatic carbocycles. The van der Waals surface area contributed by atoms with Gasteiger partial charge in [-0.1, -0.05) is 13.0 Å². The highest BCUT2D eigenvalue weighted by Gasteiger charge is 2.16. The highest BCUT2D eigenvalue weighted by molar-refractivity contribution is 8.13. The molecule has 0 amide bonds. The van der Waals surface area contributed by atoms with Crippen LogP contribution in [0.25, 0.3) is 0 Å². The van der Waals surface area contributed by atoms with Crippen molar-refractivity contribution in [3.05, 3.63) is 28.8 Å². The summed E-state index contributed by atoms with van der Waals surface area (Å²) in [4.78, 5) is 0.0359. The molecule has 0 aromatic heterocycles. The van der Waals surface area contributed by atoms with Gasteiger partial charge < -0.3 is 0 Å². The summed E-state index contributed by atoms with van der Waals surface area (Å²) >= 11 is 0. The zero-order valence-corrected chi connectivity index (χ0v) is 9.98. The molecule has 0 saturated carbocycles. The van der Waals surface area contributed by atoms with Crippen molar-refractivity contribution in [2.24, 2.45) is 0 Å². The van der Waals surface area contributed by atoms with E-state index < -0.39 is 9.05 Å². The summed E-state index contributed by atoms with van der Waals surface area (Å²) in [6, 6.07) is 4.95. The number of aryl methyl sites for hydroxylation is 2. The van der Waals surface area contributed by atoms with Crippen LogP contribution in [0.15, 0.2) is 17.0 Å². The van der Waals surface area contributed by atoms with Gasteiger partial charge >= 0.3 is 0 Å². The van der Waals surface area contributed by atoms with Crippen LogP contribution in [0.1, 0.15) is 23.6 Å². The average Bonchev–Trinajstić information content (AvgIpc) is 2.15. The maximum atomic E-state index is 11.2. The Hall–Kier alpha value is -1.05.